The number of hydrogen-bond acceptors (Lipinski definition) is 0. The molecule has 0 heteroatoms. The standard InChI is InChI=1S/C20H14/c1-2-8-15(9-3-1)20-18-12-6-4-10-16(18)14-17-11-5-7-13-19(17)20/h1-14H/i1D,2D,3D,8D,9D. The summed E-state index contributed by atoms with van der Waals surface area (Å²) in [6.45, 7) is 0. The van der Waals surface area contributed by atoms with Crippen LogP contribution in [0, 0.1) is 0 Å². The Kier molecular flexibility index (Phi) is 1.63. The molecule has 0 aliphatic heterocycles. The molecule has 0 spiro atoms. The minimum atomic E-state index is -0.372. The monoisotopic (exact) mass is 259 g/mol. The Bertz CT molecular complexity index is 1060. The SMILES string of the molecule is [2H]c1c([2H])c([2H])c(-c2c3ccccc3cc3ccccc23)c([2H])c1[2H]. The van der Waals surface area contributed by atoms with Crippen LogP contribution in [-0.4, -0.2) is 0 Å². The maximum atomic E-state index is 8.35. The van der Waals surface area contributed by atoms with Crippen LogP contribution < -0.4 is 0 Å². The van der Waals surface area contributed by atoms with Gasteiger partial charge in [0.1, 0.15) is 0 Å². The Morgan fingerprint density at radius 3 is 1.80 bits per heavy atom. The molecule has 4 aromatic rings. The lowest BCUT2D eigenvalue weighted by Gasteiger charge is -2.11. The van der Waals surface area contributed by atoms with Crippen molar-refractivity contribution in [3.05, 3.63) is 84.8 Å². The number of benzene rings is 4. The Morgan fingerprint density at radius 2 is 1.20 bits per heavy atom. The van der Waals surface area contributed by atoms with Gasteiger partial charge in [-0.1, -0.05) is 78.7 Å². The highest BCUT2D eigenvalue weighted by molar-refractivity contribution is 6.12. The molecule has 0 saturated heterocycles. The van der Waals surface area contributed by atoms with Crippen molar-refractivity contribution in [2.24, 2.45) is 0 Å². The van der Waals surface area contributed by atoms with Crippen molar-refractivity contribution in [2.75, 3.05) is 0 Å². The lowest BCUT2D eigenvalue weighted by molar-refractivity contribution is 1.67. The third kappa shape index (κ3) is 1.70. The van der Waals surface area contributed by atoms with Crippen LogP contribution in [0.25, 0.3) is 32.7 Å². The van der Waals surface area contributed by atoms with Crippen LogP contribution in [0.4, 0.5) is 0 Å². The van der Waals surface area contributed by atoms with Crippen LogP contribution in [-0.2, 0) is 0 Å². The molecule has 0 radical (unpaired) electrons. The molecule has 4 rings (SSSR count). The Balaban J connectivity index is 2.28. The number of rotatable bonds is 1. The Hall–Kier alpha value is -2.60. The summed E-state index contributed by atoms with van der Waals surface area (Å²) in [7, 11) is 0. The molecule has 4 aromatic carbocycles. The van der Waals surface area contributed by atoms with E-state index in [2.05, 4.69) is 6.07 Å². The topological polar surface area (TPSA) is 0 Å². The average Bonchev–Trinajstić information content (AvgIpc) is 2.64. The van der Waals surface area contributed by atoms with E-state index in [9.17, 15) is 0 Å². The van der Waals surface area contributed by atoms with E-state index in [1.165, 1.54) is 0 Å². The van der Waals surface area contributed by atoms with Crippen molar-refractivity contribution in [2.45, 2.75) is 0 Å². The van der Waals surface area contributed by atoms with E-state index >= 15 is 0 Å². The quantitative estimate of drug-likeness (QED) is 0.387. The van der Waals surface area contributed by atoms with Crippen molar-refractivity contribution < 1.29 is 6.85 Å². The first-order chi connectivity index (χ1) is 12.0. The normalized spacial score (nSPS) is 14.5. The van der Waals surface area contributed by atoms with Crippen LogP contribution in [0.1, 0.15) is 6.85 Å². The van der Waals surface area contributed by atoms with E-state index in [1.807, 2.05) is 48.5 Å². The smallest absolute Gasteiger partial charge is 0.0622 e. The summed E-state index contributed by atoms with van der Waals surface area (Å²) >= 11 is 0. The molecule has 0 N–H and O–H groups in total. The molecular formula is C20H14. The van der Waals surface area contributed by atoms with E-state index in [-0.39, 0.29) is 35.8 Å². The summed E-state index contributed by atoms with van der Waals surface area (Å²) in [4.78, 5) is 0. The summed E-state index contributed by atoms with van der Waals surface area (Å²) in [5.41, 5.74) is 0.935. The molecule has 0 bridgehead atoms. The summed E-state index contributed by atoms with van der Waals surface area (Å²) in [6, 6.07) is 16.2. The predicted octanol–water partition coefficient (Wildman–Crippen LogP) is 5.66. The maximum absolute atomic E-state index is 8.35. The Morgan fingerprint density at radius 1 is 0.650 bits per heavy atom. The molecule has 0 amide bonds. The van der Waals surface area contributed by atoms with Gasteiger partial charge in [-0.2, -0.15) is 0 Å². The van der Waals surface area contributed by atoms with Crippen LogP contribution >= 0.6 is 0 Å². The molecule has 0 heterocycles. The molecule has 20 heavy (non-hydrogen) atoms. The lowest BCUT2D eigenvalue weighted by Crippen LogP contribution is -1.84. The summed E-state index contributed by atoms with van der Waals surface area (Å²) in [5, 5.41) is 3.70. The highest BCUT2D eigenvalue weighted by Crippen LogP contribution is 2.35. The third-order valence-electron chi connectivity index (χ3n) is 3.52. The van der Waals surface area contributed by atoms with Crippen LogP contribution in [0.2, 0.25) is 0 Å². The first-order valence-corrected chi connectivity index (χ1v) is 6.48. The van der Waals surface area contributed by atoms with Gasteiger partial charge in [-0.15, -0.1) is 0 Å². The molecule has 0 aliphatic rings. The molecule has 94 valence electrons. The van der Waals surface area contributed by atoms with E-state index < -0.39 is 0 Å². The van der Waals surface area contributed by atoms with E-state index in [1.54, 1.807) is 0 Å². The molecule has 0 fully saturated rings. The zero-order valence-electron chi connectivity index (χ0n) is 15.7. The van der Waals surface area contributed by atoms with Crippen molar-refractivity contribution in [1.82, 2.24) is 0 Å². The number of fused-ring (bicyclic) bond motifs is 2. The number of hydrogen-bond donors (Lipinski definition) is 0. The fraction of sp³-hybridized carbons (Fsp3) is 0. The van der Waals surface area contributed by atoms with Crippen LogP contribution in [0.5, 0.6) is 0 Å². The fourth-order valence-electron chi connectivity index (χ4n) is 2.66. The third-order valence-corrected chi connectivity index (χ3v) is 3.52. The minimum Gasteiger partial charge on any atom is -0.0622 e. The molecule has 0 aliphatic carbocycles. The van der Waals surface area contributed by atoms with Crippen molar-refractivity contribution in [3.8, 4) is 11.1 Å². The summed E-state index contributed by atoms with van der Waals surface area (Å²) in [6.07, 6.45) is 0. The van der Waals surface area contributed by atoms with Crippen LogP contribution in [0.15, 0.2) is 84.8 Å². The Labute approximate surface area is 125 Å². The average molecular weight is 259 g/mol. The minimum absolute atomic E-state index is 0.174. The van der Waals surface area contributed by atoms with Gasteiger partial charge in [-0.05, 0) is 38.7 Å². The van der Waals surface area contributed by atoms with Gasteiger partial charge in [0.25, 0.3) is 0 Å². The van der Waals surface area contributed by atoms with Gasteiger partial charge in [-0.25, -0.2) is 0 Å². The van der Waals surface area contributed by atoms with Crippen molar-refractivity contribution >= 4 is 21.5 Å². The van der Waals surface area contributed by atoms with Gasteiger partial charge in [0.2, 0.25) is 0 Å². The second-order valence-corrected chi connectivity index (χ2v) is 4.69. The largest absolute Gasteiger partial charge is 0.0629 e. The predicted molar refractivity (Wildman–Crippen MR) is 86.9 cm³/mol. The highest BCUT2D eigenvalue weighted by Gasteiger charge is 2.08. The van der Waals surface area contributed by atoms with Gasteiger partial charge in [0.05, 0.1) is 6.85 Å². The second-order valence-electron chi connectivity index (χ2n) is 4.69. The summed E-state index contributed by atoms with van der Waals surface area (Å²) < 4.78 is 40.5. The first kappa shape index (κ1) is 7.25. The molecule has 0 saturated carbocycles. The zero-order chi connectivity index (χ0) is 17.7. The van der Waals surface area contributed by atoms with Gasteiger partial charge < -0.3 is 0 Å². The molecule has 0 unspecified atom stereocenters. The second kappa shape index (κ2) is 4.50. The highest BCUT2D eigenvalue weighted by atomic mass is 14.1. The van der Waals surface area contributed by atoms with Gasteiger partial charge in [0.15, 0.2) is 0 Å². The van der Waals surface area contributed by atoms with Gasteiger partial charge >= 0.3 is 0 Å². The van der Waals surface area contributed by atoms with Gasteiger partial charge in [-0.3, -0.25) is 0 Å². The summed E-state index contributed by atoms with van der Waals surface area (Å²) in [5.74, 6) is 0. The van der Waals surface area contributed by atoms with Crippen molar-refractivity contribution in [3.63, 3.8) is 0 Å². The van der Waals surface area contributed by atoms with E-state index in [0.717, 1.165) is 21.5 Å². The first-order valence-electron chi connectivity index (χ1n) is 8.98. The maximum Gasteiger partial charge on any atom is 0.0629 e. The van der Waals surface area contributed by atoms with Crippen molar-refractivity contribution in [1.29, 1.82) is 0 Å². The lowest BCUT2D eigenvalue weighted by atomic mass is 9.92. The van der Waals surface area contributed by atoms with E-state index in [4.69, 9.17) is 6.85 Å². The van der Waals surface area contributed by atoms with Crippen LogP contribution in [0.3, 0.4) is 0 Å². The van der Waals surface area contributed by atoms with E-state index in [0.29, 0.717) is 5.56 Å². The fourth-order valence-corrected chi connectivity index (χ4v) is 2.66. The zero-order valence-corrected chi connectivity index (χ0v) is 10.7. The molecular weight excluding hydrogens is 240 g/mol. The molecule has 0 atom stereocenters. The van der Waals surface area contributed by atoms with Gasteiger partial charge in [0, 0.05) is 0 Å². The molecule has 0 aromatic heterocycles. The molecule has 0 nitrogen and oxygen atoms in total.